The number of rotatable bonds is 0. The van der Waals surface area contributed by atoms with E-state index in [2.05, 4.69) is 12.2 Å². The molecule has 0 radical (unpaired) electrons. The van der Waals surface area contributed by atoms with E-state index in [4.69, 9.17) is 9.47 Å². The summed E-state index contributed by atoms with van der Waals surface area (Å²) in [6.45, 7) is 6.40. The topological polar surface area (TPSA) is 18.5 Å². The highest BCUT2D eigenvalue weighted by Gasteiger charge is 2.17. The molecule has 0 atom stereocenters. The normalized spacial score (nSPS) is 18.8. The molecule has 2 rings (SSSR count). The third-order valence-electron chi connectivity index (χ3n) is 1.83. The molecule has 0 N–H and O–H groups in total. The Kier molecular flexibility index (Phi) is 3.62. The maximum atomic E-state index is 5.29. The monoisotopic (exact) mass is 180 g/mol. The molecule has 1 aliphatic heterocycles. The summed E-state index contributed by atoms with van der Waals surface area (Å²) < 4.78 is 10.5. The molecule has 1 aliphatic carbocycles. The summed E-state index contributed by atoms with van der Waals surface area (Å²) in [4.78, 5) is 0. The van der Waals surface area contributed by atoms with Gasteiger partial charge in [-0.05, 0) is 25.0 Å². The van der Waals surface area contributed by atoms with Gasteiger partial charge in [0.25, 0.3) is 0 Å². The van der Waals surface area contributed by atoms with E-state index < -0.39 is 0 Å². The first-order valence-electron chi connectivity index (χ1n) is 4.71. The molecule has 0 spiro atoms. The highest BCUT2D eigenvalue weighted by Crippen LogP contribution is 2.26. The highest BCUT2D eigenvalue weighted by atomic mass is 16.7. The Balaban J connectivity index is 0.000000396. The smallest absolute Gasteiger partial charge is 0.231 e. The van der Waals surface area contributed by atoms with Crippen LogP contribution in [0, 0.1) is 0 Å². The first-order chi connectivity index (χ1) is 6.38. The van der Waals surface area contributed by atoms with E-state index in [0.717, 1.165) is 17.9 Å². The third kappa shape index (κ3) is 2.14. The minimum Gasteiger partial charge on any atom is -0.454 e. The van der Waals surface area contributed by atoms with Crippen molar-refractivity contribution in [2.75, 3.05) is 6.79 Å². The molecule has 0 aromatic heterocycles. The average molecular weight is 180 g/mol. The molecular weight excluding hydrogens is 164 g/mol. The minimum absolute atomic E-state index is 0.361. The summed E-state index contributed by atoms with van der Waals surface area (Å²) >= 11 is 0. The van der Waals surface area contributed by atoms with Crippen LogP contribution in [0.5, 0.6) is 0 Å². The first-order valence-corrected chi connectivity index (χ1v) is 4.71. The summed E-state index contributed by atoms with van der Waals surface area (Å²) in [7, 11) is 0. The number of ether oxygens (including phenoxy) is 2. The predicted octanol–water partition coefficient (Wildman–Crippen LogP) is 3.13. The molecule has 0 saturated heterocycles. The lowest BCUT2D eigenvalue weighted by atomic mass is 10.2. The highest BCUT2D eigenvalue weighted by molar-refractivity contribution is 5.35. The van der Waals surface area contributed by atoms with E-state index in [1.165, 1.54) is 5.57 Å². The van der Waals surface area contributed by atoms with Crippen molar-refractivity contribution in [1.82, 2.24) is 0 Å². The molecule has 0 saturated carbocycles. The molecule has 2 heteroatoms. The Morgan fingerprint density at radius 1 is 1.23 bits per heavy atom. The fraction of sp³-hybridized carbons (Fsp3) is 0.455. The lowest BCUT2D eigenvalue weighted by Gasteiger charge is -1.98. The molecular formula is C11H16O2. The van der Waals surface area contributed by atoms with Crippen LogP contribution in [-0.2, 0) is 9.47 Å². The quantitative estimate of drug-likeness (QED) is 0.570. The molecule has 0 amide bonds. The van der Waals surface area contributed by atoms with E-state index in [9.17, 15) is 0 Å². The van der Waals surface area contributed by atoms with Gasteiger partial charge in [-0.15, -0.1) is 0 Å². The maximum Gasteiger partial charge on any atom is 0.231 e. The zero-order valence-corrected chi connectivity index (χ0v) is 8.46. The Hall–Kier alpha value is -1.18. The second-order valence-electron chi connectivity index (χ2n) is 2.63. The third-order valence-corrected chi connectivity index (χ3v) is 1.83. The van der Waals surface area contributed by atoms with Gasteiger partial charge in [-0.25, -0.2) is 0 Å². The van der Waals surface area contributed by atoms with Crippen LogP contribution in [0.3, 0.4) is 0 Å². The van der Waals surface area contributed by atoms with E-state index in [-0.39, 0.29) is 0 Å². The van der Waals surface area contributed by atoms with Gasteiger partial charge < -0.3 is 9.47 Å². The van der Waals surface area contributed by atoms with Crippen molar-refractivity contribution in [2.45, 2.75) is 27.2 Å². The Morgan fingerprint density at radius 3 is 2.77 bits per heavy atom. The van der Waals surface area contributed by atoms with Gasteiger partial charge in [-0.3, -0.25) is 0 Å². The van der Waals surface area contributed by atoms with Gasteiger partial charge in [0.2, 0.25) is 6.79 Å². The number of hydrogen-bond acceptors (Lipinski definition) is 2. The van der Waals surface area contributed by atoms with Crippen LogP contribution in [0.4, 0.5) is 0 Å². The van der Waals surface area contributed by atoms with Crippen LogP contribution < -0.4 is 0 Å². The second kappa shape index (κ2) is 4.75. The van der Waals surface area contributed by atoms with Crippen molar-refractivity contribution in [1.29, 1.82) is 0 Å². The predicted molar refractivity (Wildman–Crippen MR) is 52.9 cm³/mol. The number of hydrogen-bond donors (Lipinski definition) is 0. The number of allylic oxidation sites excluding steroid dienone is 4. The lowest BCUT2D eigenvalue weighted by Crippen LogP contribution is -1.86. The van der Waals surface area contributed by atoms with Crippen LogP contribution in [0.25, 0.3) is 0 Å². The Labute approximate surface area is 79.5 Å². The SMILES string of the molecule is CC.CC1=CCC=CC2=C1OCO2. The van der Waals surface area contributed by atoms with Gasteiger partial charge in [0, 0.05) is 0 Å². The minimum atomic E-state index is 0.361. The Morgan fingerprint density at radius 2 is 2.00 bits per heavy atom. The standard InChI is InChI=1S/C9H10O2.C2H6/c1-7-4-2-3-5-8-9(7)11-6-10-8;1-2/h3-5H,2,6H2,1H3;1-2H3. The van der Waals surface area contributed by atoms with Crippen LogP contribution in [0.2, 0.25) is 0 Å². The van der Waals surface area contributed by atoms with Crippen molar-refractivity contribution < 1.29 is 9.47 Å². The Bertz CT molecular complexity index is 259. The molecule has 0 aromatic rings. The molecule has 1 heterocycles. The lowest BCUT2D eigenvalue weighted by molar-refractivity contribution is 0.0765. The van der Waals surface area contributed by atoms with Crippen LogP contribution >= 0.6 is 0 Å². The molecule has 0 fully saturated rings. The van der Waals surface area contributed by atoms with E-state index in [1.807, 2.05) is 26.8 Å². The van der Waals surface area contributed by atoms with Crippen molar-refractivity contribution in [3.05, 3.63) is 35.3 Å². The van der Waals surface area contributed by atoms with E-state index in [0.29, 0.717) is 6.79 Å². The zero-order chi connectivity index (χ0) is 9.68. The van der Waals surface area contributed by atoms with Crippen molar-refractivity contribution in [3.63, 3.8) is 0 Å². The zero-order valence-electron chi connectivity index (χ0n) is 8.46. The molecule has 72 valence electrons. The maximum absolute atomic E-state index is 5.29. The fourth-order valence-corrected chi connectivity index (χ4v) is 1.23. The van der Waals surface area contributed by atoms with Gasteiger partial charge in [-0.2, -0.15) is 0 Å². The molecule has 0 unspecified atom stereocenters. The van der Waals surface area contributed by atoms with Crippen LogP contribution in [0.15, 0.2) is 35.3 Å². The van der Waals surface area contributed by atoms with Gasteiger partial charge in [0.15, 0.2) is 11.5 Å². The molecule has 0 aromatic carbocycles. The van der Waals surface area contributed by atoms with Gasteiger partial charge in [0.05, 0.1) is 0 Å². The average Bonchev–Trinajstić information content (AvgIpc) is 2.57. The van der Waals surface area contributed by atoms with E-state index in [1.54, 1.807) is 0 Å². The van der Waals surface area contributed by atoms with E-state index >= 15 is 0 Å². The largest absolute Gasteiger partial charge is 0.454 e. The molecule has 13 heavy (non-hydrogen) atoms. The van der Waals surface area contributed by atoms with Gasteiger partial charge in [0.1, 0.15) is 0 Å². The van der Waals surface area contributed by atoms with Crippen molar-refractivity contribution in [3.8, 4) is 0 Å². The summed E-state index contributed by atoms with van der Waals surface area (Å²) in [5, 5.41) is 0. The van der Waals surface area contributed by atoms with Crippen LogP contribution in [0.1, 0.15) is 27.2 Å². The summed E-state index contributed by atoms with van der Waals surface area (Å²) in [5.74, 6) is 1.77. The van der Waals surface area contributed by atoms with Gasteiger partial charge in [-0.1, -0.05) is 26.0 Å². The van der Waals surface area contributed by atoms with Crippen molar-refractivity contribution in [2.24, 2.45) is 0 Å². The van der Waals surface area contributed by atoms with Crippen LogP contribution in [-0.4, -0.2) is 6.79 Å². The summed E-state index contributed by atoms with van der Waals surface area (Å²) in [5.41, 5.74) is 1.17. The molecule has 2 nitrogen and oxygen atoms in total. The summed E-state index contributed by atoms with van der Waals surface area (Å²) in [6.07, 6.45) is 7.13. The summed E-state index contributed by atoms with van der Waals surface area (Å²) in [6, 6.07) is 0. The first kappa shape index (κ1) is 9.90. The molecule has 2 aliphatic rings. The van der Waals surface area contributed by atoms with Crippen molar-refractivity contribution >= 4 is 0 Å². The molecule has 0 bridgehead atoms. The van der Waals surface area contributed by atoms with Gasteiger partial charge >= 0.3 is 0 Å². The second-order valence-corrected chi connectivity index (χ2v) is 2.63. The fourth-order valence-electron chi connectivity index (χ4n) is 1.23.